The van der Waals surface area contributed by atoms with Crippen LogP contribution in [0.1, 0.15) is 5.56 Å². The highest BCUT2D eigenvalue weighted by molar-refractivity contribution is 9.10. The molecule has 2 aliphatic rings. The van der Waals surface area contributed by atoms with Crippen LogP contribution < -0.4 is 4.74 Å². The maximum atomic E-state index is 12.5. The van der Waals surface area contributed by atoms with Crippen molar-refractivity contribution in [1.82, 2.24) is 9.80 Å². The Morgan fingerprint density at radius 1 is 1.10 bits per heavy atom. The summed E-state index contributed by atoms with van der Waals surface area (Å²) < 4.78 is 16.7. The fourth-order valence-corrected chi connectivity index (χ4v) is 3.52. The van der Waals surface area contributed by atoms with Gasteiger partial charge in [-0.25, -0.2) is 0 Å². The van der Waals surface area contributed by atoms with Gasteiger partial charge in [0.15, 0.2) is 6.61 Å². The Balaban J connectivity index is 1.63. The van der Waals surface area contributed by atoms with Crippen LogP contribution in [-0.4, -0.2) is 80.8 Å². The third-order valence-electron chi connectivity index (χ3n) is 4.63. The van der Waals surface area contributed by atoms with Gasteiger partial charge in [-0.1, -0.05) is 6.07 Å². The van der Waals surface area contributed by atoms with E-state index in [0.29, 0.717) is 68.4 Å². The van der Waals surface area contributed by atoms with Crippen molar-refractivity contribution in [1.29, 1.82) is 5.26 Å². The fraction of sp³-hybridized carbons (Fsp3) is 0.450. The quantitative estimate of drug-likeness (QED) is 0.484. The second kappa shape index (κ2) is 10.4. The highest BCUT2D eigenvalue weighted by atomic mass is 79.9. The molecule has 0 aromatic heterocycles. The highest BCUT2D eigenvalue weighted by Crippen LogP contribution is 2.27. The third kappa shape index (κ3) is 5.79. The number of halogens is 1. The van der Waals surface area contributed by atoms with Gasteiger partial charge in [0.25, 0.3) is 11.8 Å². The van der Waals surface area contributed by atoms with Gasteiger partial charge in [0.05, 0.1) is 30.9 Å². The first-order valence-electron chi connectivity index (χ1n) is 9.35. The number of morpholine rings is 2. The summed E-state index contributed by atoms with van der Waals surface area (Å²) in [6, 6.07) is 7.17. The Kier molecular flexibility index (Phi) is 7.63. The molecule has 0 bridgehead atoms. The van der Waals surface area contributed by atoms with Gasteiger partial charge in [-0.2, -0.15) is 5.26 Å². The number of nitriles is 1. The molecule has 2 saturated heterocycles. The largest absolute Gasteiger partial charge is 0.483 e. The molecule has 3 rings (SSSR count). The summed E-state index contributed by atoms with van der Waals surface area (Å²) in [6.45, 7) is 4.07. The van der Waals surface area contributed by atoms with Gasteiger partial charge in [-0.05, 0) is 39.7 Å². The van der Waals surface area contributed by atoms with E-state index < -0.39 is 0 Å². The molecule has 0 saturated carbocycles. The standard InChI is InChI=1S/C20H22BrN3O5/c21-17-12-15(11-16(13-22)20(26)24-5-9-28-10-6-24)1-2-18(17)29-14-19(25)23-3-7-27-8-4-23/h1-2,11-12H,3-10,14H2/b16-11-. The summed E-state index contributed by atoms with van der Waals surface area (Å²) in [6.07, 6.45) is 1.55. The minimum absolute atomic E-state index is 0.0627. The predicted octanol–water partition coefficient (Wildman–Crippen LogP) is 1.45. The first kappa shape index (κ1) is 21.3. The molecule has 2 aliphatic heterocycles. The molecule has 0 aliphatic carbocycles. The van der Waals surface area contributed by atoms with Gasteiger partial charge in [0.1, 0.15) is 17.4 Å². The van der Waals surface area contributed by atoms with Gasteiger partial charge in [-0.3, -0.25) is 9.59 Å². The zero-order valence-electron chi connectivity index (χ0n) is 15.9. The van der Waals surface area contributed by atoms with Gasteiger partial charge in [0, 0.05) is 26.2 Å². The van der Waals surface area contributed by atoms with E-state index in [1.807, 2.05) is 6.07 Å². The third-order valence-corrected chi connectivity index (χ3v) is 5.25. The lowest BCUT2D eigenvalue weighted by Crippen LogP contribution is -2.43. The number of carbonyl (C=O) groups is 2. The van der Waals surface area contributed by atoms with E-state index in [4.69, 9.17) is 14.2 Å². The molecule has 0 unspecified atom stereocenters. The number of benzene rings is 1. The molecule has 9 heteroatoms. The molecular formula is C20H22BrN3O5. The van der Waals surface area contributed by atoms with E-state index in [2.05, 4.69) is 15.9 Å². The minimum atomic E-state index is -0.302. The molecule has 29 heavy (non-hydrogen) atoms. The van der Waals surface area contributed by atoms with Crippen molar-refractivity contribution < 1.29 is 23.8 Å². The van der Waals surface area contributed by atoms with Gasteiger partial charge >= 0.3 is 0 Å². The monoisotopic (exact) mass is 463 g/mol. The van der Waals surface area contributed by atoms with Crippen LogP contribution in [0.15, 0.2) is 28.2 Å². The number of amides is 2. The Hall–Kier alpha value is -2.41. The number of carbonyl (C=O) groups excluding carboxylic acids is 2. The van der Waals surface area contributed by atoms with Crippen molar-refractivity contribution in [2.45, 2.75) is 0 Å². The summed E-state index contributed by atoms with van der Waals surface area (Å²) in [7, 11) is 0. The Labute approximate surface area is 177 Å². The molecule has 0 radical (unpaired) electrons. The molecule has 8 nitrogen and oxygen atoms in total. The van der Waals surface area contributed by atoms with Gasteiger partial charge < -0.3 is 24.0 Å². The number of nitrogens with zero attached hydrogens (tertiary/aromatic N) is 3. The van der Waals surface area contributed by atoms with Gasteiger partial charge in [-0.15, -0.1) is 0 Å². The zero-order valence-corrected chi connectivity index (χ0v) is 17.5. The van der Waals surface area contributed by atoms with Crippen molar-refractivity contribution in [3.8, 4) is 11.8 Å². The average molecular weight is 464 g/mol. The SMILES string of the molecule is N#C/C(=C/c1ccc(OCC(=O)N2CCOCC2)c(Br)c1)C(=O)N1CCOCC1. The van der Waals surface area contributed by atoms with Crippen LogP contribution in [0.5, 0.6) is 5.75 Å². The number of rotatable bonds is 5. The second-order valence-corrected chi connectivity index (χ2v) is 7.40. The Bertz CT molecular complexity index is 824. The molecule has 1 aromatic rings. The summed E-state index contributed by atoms with van der Waals surface area (Å²) in [4.78, 5) is 28.0. The lowest BCUT2D eigenvalue weighted by atomic mass is 10.1. The molecule has 2 fully saturated rings. The normalized spacial score (nSPS) is 17.6. The smallest absolute Gasteiger partial charge is 0.264 e. The lowest BCUT2D eigenvalue weighted by molar-refractivity contribution is -0.137. The predicted molar refractivity (Wildman–Crippen MR) is 108 cm³/mol. The van der Waals surface area contributed by atoms with E-state index in [0.717, 1.165) is 0 Å². The van der Waals surface area contributed by atoms with Crippen LogP contribution in [0.25, 0.3) is 6.08 Å². The van der Waals surface area contributed by atoms with Crippen molar-refractivity contribution in [3.05, 3.63) is 33.8 Å². The molecule has 154 valence electrons. The van der Waals surface area contributed by atoms with Crippen LogP contribution in [-0.2, 0) is 19.1 Å². The van der Waals surface area contributed by atoms with Crippen molar-refractivity contribution in [3.63, 3.8) is 0 Å². The molecule has 2 amide bonds. The first-order chi connectivity index (χ1) is 14.1. The van der Waals surface area contributed by atoms with E-state index >= 15 is 0 Å². The van der Waals surface area contributed by atoms with Crippen LogP contribution in [0.2, 0.25) is 0 Å². The number of hydrogen-bond donors (Lipinski definition) is 0. The van der Waals surface area contributed by atoms with E-state index in [9.17, 15) is 14.9 Å². The Morgan fingerprint density at radius 3 is 2.31 bits per heavy atom. The Morgan fingerprint density at radius 2 is 1.72 bits per heavy atom. The maximum absolute atomic E-state index is 12.5. The highest BCUT2D eigenvalue weighted by Gasteiger charge is 2.21. The minimum Gasteiger partial charge on any atom is -0.483 e. The molecule has 2 heterocycles. The molecule has 0 N–H and O–H groups in total. The van der Waals surface area contributed by atoms with Gasteiger partial charge in [0.2, 0.25) is 0 Å². The van der Waals surface area contributed by atoms with Crippen molar-refractivity contribution in [2.24, 2.45) is 0 Å². The van der Waals surface area contributed by atoms with E-state index in [-0.39, 0.29) is 24.0 Å². The van der Waals surface area contributed by atoms with Crippen molar-refractivity contribution in [2.75, 3.05) is 59.2 Å². The maximum Gasteiger partial charge on any atom is 0.264 e. The summed E-state index contributed by atoms with van der Waals surface area (Å²) in [5.41, 5.74) is 0.747. The fourth-order valence-electron chi connectivity index (χ4n) is 3.01. The van der Waals surface area contributed by atoms with Crippen molar-refractivity contribution >= 4 is 33.8 Å². The first-order valence-corrected chi connectivity index (χ1v) is 10.1. The topological polar surface area (TPSA) is 92.1 Å². The number of hydrogen-bond acceptors (Lipinski definition) is 6. The molecule has 0 spiro atoms. The summed E-state index contributed by atoms with van der Waals surface area (Å²) in [5, 5.41) is 9.40. The van der Waals surface area contributed by atoms with E-state index in [1.165, 1.54) is 0 Å². The van der Waals surface area contributed by atoms with Crippen LogP contribution >= 0.6 is 15.9 Å². The second-order valence-electron chi connectivity index (χ2n) is 6.55. The van der Waals surface area contributed by atoms with E-state index in [1.54, 1.807) is 34.1 Å². The van der Waals surface area contributed by atoms with Crippen LogP contribution in [0.4, 0.5) is 0 Å². The van der Waals surface area contributed by atoms with Crippen LogP contribution in [0.3, 0.4) is 0 Å². The summed E-state index contributed by atoms with van der Waals surface area (Å²) in [5.74, 6) is 0.122. The summed E-state index contributed by atoms with van der Waals surface area (Å²) >= 11 is 3.42. The number of ether oxygens (including phenoxy) is 3. The molecule has 0 atom stereocenters. The molecular weight excluding hydrogens is 442 g/mol. The zero-order chi connectivity index (χ0) is 20.6. The lowest BCUT2D eigenvalue weighted by Gasteiger charge is -2.26. The molecule has 1 aromatic carbocycles. The average Bonchev–Trinajstić information content (AvgIpc) is 2.77. The van der Waals surface area contributed by atoms with Crippen LogP contribution in [0, 0.1) is 11.3 Å².